The van der Waals surface area contributed by atoms with Crippen molar-refractivity contribution in [1.82, 2.24) is 5.32 Å². The van der Waals surface area contributed by atoms with Gasteiger partial charge in [-0.15, -0.1) is 0 Å². The average molecular weight is 278 g/mol. The molecule has 0 aliphatic heterocycles. The van der Waals surface area contributed by atoms with Gasteiger partial charge >= 0.3 is 5.97 Å². The van der Waals surface area contributed by atoms with Gasteiger partial charge in [-0.2, -0.15) is 5.26 Å². The lowest BCUT2D eigenvalue weighted by Gasteiger charge is -2.21. The van der Waals surface area contributed by atoms with Gasteiger partial charge in [0.25, 0.3) is 5.91 Å². The molecule has 2 atom stereocenters. The zero-order valence-corrected chi connectivity index (χ0v) is 11.2. The summed E-state index contributed by atoms with van der Waals surface area (Å²) in [7, 11) is 1.20. The molecule has 1 aromatic rings. The van der Waals surface area contributed by atoms with Crippen molar-refractivity contribution in [2.45, 2.75) is 19.4 Å². The van der Waals surface area contributed by atoms with E-state index in [-0.39, 0.29) is 12.0 Å². The highest BCUT2D eigenvalue weighted by Crippen LogP contribution is 2.11. The minimum absolute atomic E-state index is 0.0865. The summed E-state index contributed by atoms with van der Waals surface area (Å²) in [4.78, 5) is 23.6. The molecule has 5 nitrogen and oxygen atoms in total. The summed E-state index contributed by atoms with van der Waals surface area (Å²) < 4.78 is 17.7. The highest BCUT2D eigenvalue weighted by atomic mass is 19.1. The van der Waals surface area contributed by atoms with Crippen molar-refractivity contribution in [3.63, 3.8) is 0 Å². The lowest BCUT2D eigenvalue weighted by atomic mass is 9.98. The van der Waals surface area contributed by atoms with Crippen molar-refractivity contribution < 1.29 is 18.7 Å². The first kappa shape index (κ1) is 15.6. The third-order valence-electron chi connectivity index (χ3n) is 2.81. The average Bonchev–Trinajstić information content (AvgIpc) is 2.43. The predicted molar refractivity (Wildman–Crippen MR) is 69.1 cm³/mol. The largest absolute Gasteiger partial charge is 0.467 e. The SMILES string of the molecule is COC(=O)[C@H](NC(=O)c1cccc(F)c1)[C@@H](C)CC#N. The van der Waals surface area contributed by atoms with E-state index in [9.17, 15) is 14.0 Å². The second-order valence-corrected chi connectivity index (χ2v) is 4.32. The van der Waals surface area contributed by atoms with E-state index in [4.69, 9.17) is 5.26 Å². The van der Waals surface area contributed by atoms with Gasteiger partial charge in [-0.25, -0.2) is 9.18 Å². The van der Waals surface area contributed by atoms with Gasteiger partial charge in [0.15, 0.2) is 0 Å². The Bertz CT molecular complexity index is 539. The van der Waals surface area contributed by atoms with E-state index in [0.717, 1.165) is 6.07 Å². The molecule has 0 unspecified atom stereocenters. The number of nitriles is 1. The van der Waals surface area contributed by atoms with E-state index < -0.39 is 29.7 Å². The van der Waals surface area contributed by atoms with Gasteiger partial charge in [-0.05, 0) is 18.2 Å². The Balaban J connectivity index is 2.87. The number of halogens is 1. The second-order valence-electron chi connectivity index (χ2n) is 4.32. The molecule has 1 N–H and O–H groups in total. The molecule has 0 saturated carbocycles. The number of benzene rings is 1. The van der Waals surface area contributed by atoms with E-state index in [0.29, 0.717) is 0 Å². The summed E-state index contributed by atoms with van der Waals surface area (Å²) in [6.07, 6.45) is 0.0865. The van der Waals surface area contributed by atoms with Crippen LogP contribution in [-0.4, -0.2) is 25.0 Å². The zero-order chi connectivity index (χ0) is 15.1. The third-order valence-corrected chi connectivity index (χ3v) is 2.81. The van der Waals surface area contributed by atoms with Gasteiger partial charge in [0.05, 0.1) is 13.2 Å². The van der Waals surface area contributed by atoms with Crippen molar-refractivity contribution in [2.75, 3.05) is 7.11 Å². The number of carbonyl (C=O) groups is 2. The summed E-state index contributed by atoms with van der Waals surface area (Å²) >= 11 is 0. The molecule has 0 saturated heterocycles. The number of methoxy groups -OCH3 is 1. The molecule has 1 rings (SSSR count). The topological polar surface area (TPSA) is 79.2 Å². The standard InChI is InChI=1S/C14H15FN2O3/c1-9(6-7-16)12(14(19)20-2)17-13(18)10-4-3-5-11(15)8-10/h3-5,8-9,12H,6H2,1-2H3,(H,17,18)/t9-,12+/m0/s1. The Morgan fingerprint density at radius 2 is 2.20 bits per heavy atom. The van der Waals surface area contributed by atoms with Crippen LogP contribution in [0, 0.1) is 23.1 Å². The summed E-state index contributed by atoms with van der Waals surface area (Å²) in [6, 6.07) is 6.10. The number of nitrogens with zero attached hydrogens (tertiary/aromatic N) is 1. The van der Waals surface area contributed by atoms with Crippen LogP contribution in [0.4, 0.5) is 4.39 Å². The normalized spacial score (nSPS) is 12.9. The van der Waals surface area contributed by atoms with Crippen molar-refractivity contribution in [1.29, 1.82) is 5.26 Å². The maximum absolute atomic E-state index is 13.1. The smallest absolute Gasteiger partial charge is 0.328 e. The van der Waals surface area contributed by atoms with Crippen LogP contribution < -0.4 is 5.32 Å². The summed E-state index contributed by atoms with van der Waals surface area (Å²) in [5.41, 5.74) is 0.100. The highest BCUT2D eigenvalue weighted by Gasteiger charge is 2.28. The summed E-state index contributed by atoms with van der Waals surface area (Å²) in [5, 5.41) is 11.1. The van der Waals surface area contributed by atoms with Crippen LogP contribution in [0.2, 0.25) is 0 Å². The molecule has 0 aliphatic carbocycles. The maximum Gasteiger partial charge on any atom is 0.328 e. The second kappa shape index (κ2) is 7.24. The number of esters is 1. The Hall–Kier alpha value is -2.42. The van der Waals surface area contributed by atoms with Crippen LogP contribution in [0.1, 0.15) is 23.7 Å². The van der Waals surface area contributed by atoms with Crippen LogP contribution in [0.3, 0.4) is 0 Å². The molecule has 0 heterocycles. The van der Waals surface area contributed by atoms with Crippen LogP contribution in [0.15, 0.2) is 24.3 Å². The Morgan fingerprint density at radius 3 is 2.75 bits per heavy atom. The van der Waals surface area contributed by atoms with Crippen molar-refractivity contribution in [2.24, 2.45) is 5.92 Å². The molecule has 0 radical (unpaired) electrons. The molecule has 0 aromatic heterocycles. The summed E-state index contributed by atoms with van der Waals surface area (Å²) in [5.74, 6) is -2.19. The van der Waals surface area contributed by atoms with Gasteiger partial charge in [0, 0.05) is 17.9 Å². The van der Waals surface area contributed by atoms with Crippen LogP contribution in [-0.2, 0) is 9.53 Å². The molecular formula is C14H15FN2O3. The summed E-state index contributed by atoms with van der Waals surface area (Å²) in [6.45, 7) is 1.65. The van der Waals surface area contributed by atoms with Gasteiger partial charge in [0.2, 0.25) is 0 Å². The first-order valence-corrected chi connectivity index (χ1v) is 6.00. The van der Waals surface area contributed by atoms with E-state index in [2.05, 4.69) is 10.1 Å². The zero-order valence-electron chi connectivity index (χ0n) is 11.2. The number of amides is 1. The highest BCUT2D eigenvalue weighted by molar-refractivity contribution is 5.96. The van der Waals surface area contributed by atoms with Gasteiger partial charge in [-0.3, -0.25) is 4.79 Å². The Labute approximate surface area is 116 Å². The van der Waals surface area contributed by atoms with Crippen LogP contribution >= 0.6 is 0 Å². The fourth-order valence-electron chi connectivity index (χ4n) is 1.68. The number of nitrogens with one attached hydrogen (secondary N) is 1. The molecule has 20 heavy (non-hydrogen) atoms. The molecule has 0 bridgehead atoms. The van der Waals surface area contributed by atoms with E-state index >= 15 is 0 Å². The first-order chi connectivity index (χ1) is 9.49. The molecule has 1 amide bonds. The molecule has 1 aromatic carbocycles. The lowest BCUT2D eigenvalue weighted by molar-refractivity contribution is -0.144. The monoisotopic (exact) mass is 278 g/mol. The molecular weight excluding hydrogens is 263 g/mol. The van der Waals surface area contributed by atoms with E-state index in [1.54, 1.807) is 6.92 Å². The number of hydrogen-bond donors (Lipinski definition) is 1. The van der Waals surface area contributed by atoms with Crippen molar-refractivity contribution in [3.8, 4) is 6.07 Å². The van der Waals surface area contributed by atoms with E-state index in [1.807, 2.05) is 6.07 Å². The number of hydrogen-bond acceptors (Lipinski definition) is 4. The molecule has 0 fully saturated rings. The van der Waals surface area contributed by atoms with Gasteiger partial charge in [0.1, 0.15) is 11.9 Å². The lowest BCUT2D eigenvalue weighted by Crippen LogP contribution is -2.45. The Morgan fingerprint density at radius 1 is 1.50 bits per heavy atom. The number of carbonyl (C=O) groups excluding carboxylic acids is 2. The minimum atomic E-state index is -0.949. The van der Waals surface area contributed by atoms with Crippen molar-refractivity contribution in [3.05, 3.63) is 35.6 Å². The third kappa shape index (κ3) is 4.05. The van der Waals surface area contributed by atoms with Gasteiger partial charge in [-0.1, -0.05) is 13.0 Å². The Kier molecular flexibility index (Phi) is 5.66. The minimum Gasteiger partial charge on any atom is -0.467 e. The van der Waals surface area contributed by atoms with Gasteiger partial charge < -0.3 is 10.1 Å². The maximum atomic E-state index is 13.1. The van der Waals surface area contributed by atoms with Crippen LogP contribution in [0.5, 0.6) is 0 Å². The molecule has 106 valence electrons. The van der Waals surface area contributed by atoms with E-state index in [1.165, 1.54) is 25.3 Å². The quantitative estimate of drug-likeness (QED) is 0.830. The van der Waals surface area contributed by atoms with Crippen molar-refractivity contribution >= 4 is 11.9 Å². The molecule has 6 heteroatoms. The molecule has 0 spiro atoms. The molecule has 0 aliphatic rings. The first-order valence-electron chi connectivity index (χ1n) is 6.00. The number of rotatable bonds is 5. The van der Waals surface area contributed by atoms with Crippen LogP contribution in [0.25, 0.3) is 0 Å². The predicted octanol–water partition coefficient (Wildman–Crippen LogP) is 1.65. The number of ether oxygens (including phenoxy) is 1. The fraction of sp³-hybridized carbons (Fsp3) is 0.357. The fourth-order valence-corrected chi connectivity index (χ4v) is 1.68.